The number of hydrogen-bond donors (Lipinski definition) is 2. The summed E-state index contributed by atoms with van der Waals surface area (Å²) in [6.45, 7) is 0.812. The minimum absolute atomic E-state index is 0.122. The van der Waals surface area contributed by atoms with E-state index in [9.17, 15) is 9.59 Å². The second-order valence-corrected chi connectivity index (χ2v) is 8.08. The molecule has 3 aromatic rings. The highest BCUT2D eigenvalue weighted by atomic mass is 16.5. The predicted molar refractivity (Wildman–Crippen MR) is 115 cm³/mol. The lowest BCUT2D eigenvalue weighted by Crippen LogP contribution is -2.29. The van der Waals surface area contributed by atoms with Gasteiger partial charge in [-0.1, -0.05) is 30.3 Å². The predicted octanol–water partition coefficient (Wildman–Crippen LogP) is 3.21. The number of aromatic amines is 1. The minimum atomic E-state index is -0.938. The van der Waals surface area contributed by atoms with Crippen LogP contribution >= 0.6 is 0 Å². The molecule has 1 fully saturated rings. The van der Waals surface area contributed by atoms with Gasteiger partial charge in [-0.15, -0.1) is 0 Å². The van der Waals surface area contributed by atoms with Gasteiger partial charge in [0.2, 0.25) is 0 Å². The van der Waals surface area contributed by atoms with Crippen molar-refractivity contribution < 1.29 is 14.6 Å². The van der Waals surface area contributed by atoms with E-state index in [0.717, 1.165) is 48.1 Å². The Morgan fingerprint density at radius 2 is 1.87 bits per heavy atom. The van der Waals surface area contributed by atoms with Crippen molar-refractivity contribution in [2.75, 3.05) is 13.2 Å². The Labute approximate surface area is 179 Å². The molecule has 2 N–H and O–H groups in total. The van der Waals surface area contributed by atoms with Crippen LogP contribution in [-0.2, 0) is 16.1 Å². The molecule has 31 heavy (non-hydrogen) atoms. The summed E-state index contributed by atoms with van der Waals surface area (Å²) in [7, 11) is 0. The first kappa shape index (κ1) is 21.0. The molecule has 0 atom stereocenters. The van der Waals surface area contributed by atoms with Gasteiger partial charge >= 0.3 is 5.97 Å². The second kappa shape index (κ2) is 9.70. The molecule has 1 aromatic carbocycles. The number of aliphatic carboxylic acids is 1. The van der Waals surface area contributed by atoms with E-state index in [2.05, 4.69) is 10.2 Å². The van der Waals surface area contributed by atoms with Crippen molar-refractivity contribution in [3.63, 3.8) is 0 Å². The molecule has 0 radical (unpaired) electrons. The van der Waals surface area contributed by atoms with Crippen LogP contribution in [0.5, 0.6) is 0 Å². The smallest absolute Gasteiger partial charge is 0.329 e. The molecule has 2 aromatic heterocycles. The van der Waals surface area contributed by atoms with Crippen molar-refractivity contribution in [1.82, 2.24) is 20.0 Å². The first-order chi connectivity index (χ1) is 15.1. The number of rotatable bonds is 8. The van der Waals surface area contributed by atoms with E-state index in [1.165, 1.54) is 0 Å². The standard InChI is InChI=1S/C23H26N4O4/c28-21-10-20(19-11-24-25-12-19)23(18-4-2-1-3-5-18)26-27(21)13-16-6-8-17(9-7-16)14-31-15-22(29)30/h1-5,10-12,16-17H,6-9,13-15H2,(H,24,25)(H,29,30). The number of hydrogen-bond acceptors (Lipinski definition) is 5. The summed E-state index contributed by atoms with van der Waals surface area (Å²) in [5.41, 5.74) is 3.19. The monoisotopic (exact) mass is 422 g/mol. The minimum Gasteiger partial charge on any atom is -0.480 e. The van der Waals surface area contributed by atoms with Crippen LogP contribution in [0.1, 0.15) is 25.7 Å². The van der Waals surface area contributed by atoms with Crippen LogP contribution in [0.25, 0.3) is 22.4 Å². The molecule has 0 spiro atoms. The van der Waals surface area contributed by atoms with Crippen LogP contribution in [0.15, 0.2) is 53.6 Å². The van der Waals surface area contributed by atoms with E-state index in [-0.39, 0.29) is 12.2 Å². The highest BCUT2D eigenvalue weighted by molar-refractivity contribution is 5.79. The van der Waals surface area contributed by atoms with Crippen molar-refractivity contribution in [2.24, 2.45) is 11.8 Å². The molecule has 162 valence electrons. The lowest BCUT2D eigenvalue weighted by Gasteiger charge is -2.28. The normalized spacial score (nSPS) is 18.7. The zero-order valence-corrected chi connectivity index (χ0v) is 17.2. The van der Waals surface area contributed by atoms with Crippen molar-refractivity contribution in [3.05, 3.63) is 59.1 Å². The van der Waals surface area contributed by atoms with Crippen LogP contribution < -0.4 is 5.56 Å². The molecule has 8 heteroatoms. The van der Waals surface area contributed by atoms with Crippen LogP contribution in [0.2, 0.25) is 0 Å². The summed E-state index contributed by atoms with van der Waals surface area (Å²) in [6, 6.07) is 11.5. The van der Waals surface area contributed by atoms with E-state index in [4.69, 9.17) is 14.9 Å². The Morgan fingerprint density at radius 3 is 2.55 bits per heavy atom. The molecule has 0 amide bonds. The van der Waals surface area contributed by atoms with Gasteiger partial charge in [-0.25, -0.2) is 9.48 Å². The lowest BCUT2D eigenvalue weighted by molar-refractivity contribution is -0.142. The zero-order valence-electron chi connectivity index (χ0n) is 17.2. The van der Waals surface area contributed by atoms with Crippen LogP contribution in [0, 0.1) is 11.8 Å². The number of nitrogens with zero attached hydrogens (tertiary/aromatic N) is 3. The van der Waals surface area contributed by atoms with Gasteiger partial charge in [0.1, 0.15) is 6.61 Å². The van der Waals surface area contributed by atoms with Crippen molar-refractivity contribution in [3.8, 4) is 22.4 Å². The van der Waals surface area contributed by atoms with Crippen LogP contribution in [0.3, 0.4) is 0 Å². The Hall–Kier alpha value is -3.26. The number of nitrogens with one attached hydrogen (secondary N) is 1. The first-order valence-electron chi connectivity index (χ1n) is 10.6. The SMILES string of the molecule is O=C(O)COCC1CCC(Cn2nc(-c3ccccc3)c(-c3cn[nH]c3)cc2=O)CC1. The van der Waals surface area contributed by atoms with Crippen molar-refractivity contribution in [2.45, 2.75) is 32.2 Å². The Balaban J connectivity index is 1.50. The maximum atomic E-state index is 12.9. The van der Waals surface area contributed by atoms with E-state index in [0.29, 0.717) is 25.0 Å². The van der Waals surface area contributed by atoms with Crippen LogP contribution in [0.4, 0.5) is 0 Å². The number of carboxylic acid groups (broad SMARTS) is 1. The van der Waals surface area contributed by atoms with E-state index < -0.39 is 5.97 Å². The quantitative estimate of drug-likeness (QED) is 0.577. The highest BCUT2D eigenvalue weighted by Gasteiger charge is 2.23. The van der Waals surface area contributed by atoms with Gasteiger partial charge in [-0.05, 0) is 37.5 Å². The molecule has 1 aliphatic rings. The number of carbonyl (C=O) groups is 1. The van der Waals surface area contributed by atoms with E-state index >= 15 is 0 Å². The van der Waals surface area contributed by atoms with Crippen molar-refractivity contribution in [1.29, 1.82) is 0 Å². The van der Waals surface area contributed by atoms with E-state index in [1.807, 2.05) is 30.3 Å². The fraction of sp³-hybridized carbons (Fsp3) is 0.391. The van der Waals surface area contributed by atoms with Crippen LogP contribution in [-0.4, -0.2) is 44.3 Å². The van der Waals surface area contributed by atoms with E-state index in [1.54, 1.807) is 23.1 Å². The average Bonchev–Trinajstić information content (AvgIpc) is 3.31. The molecule has 2 heterocycles. The lowest BCUT2D eigenvalue weighted by atomic mass is 9.82. The fourth-order valence-electron chi connectivity index (χ4n) is 4.19. The average molecular weight is 422 g/mol. The van der Waals surface area contributed by atoms with Gasteiger partial charge in [0.05, 0.1) is 18.5 Å². The largest absolute Gasteiger partial charge is 0.480 e. The highest BCUT2D eigenvalue weighted by Crippen LogP contribution is 2.31. The molecule has 0 aliphatic heterocycles. The van der Waals surface area contributed by atoms with Gasteiger partial charge in [0, 0.05) is 35.5 Å². The number of benzene rings is 1. The summed E-state index contributed by atoms with van der Waals surface area (Å²) in [5, 5.41) is 20.3. The summed E-state index contributed by atoms with van der Waals surface area (Å²) >= 11 is 0. The Bertz CT molecular complexity index is 1050. The Kier molecular flexibility index (Phi) is 6.57. The molecule has 4 rings (SSSR count). The topological polar surface area (TPSA) is 110 Å². The molecule has 0 saturated heterocycles. The molecule has 1 aliphatic carbocycles. The molecular formula is C23H26N4O4. The Morgan fingerprint density at radius 1 is 1.13 bits per heavy atom. The third-order valence-corrected chi connectivity index (χ3v) is 5.83. The van der Waals surface area contributed by atoms with Gasteiger partial charge in [0.15, 0.2) is 0 Å². The molecule has 8 nitrogen and oxygen atoms in total. The number of H-pyrrole nitrogens is 1. The molecule has 0 unspecified atom stereocenters. The third-order valence-electron chi connectivity index (χ3n) is 5.83. The third kappa shape index (κ3) is 5.27. The number of ether oxygens (including phenoxy) is 1. The molecule has 1 saturated carbocycles. The van der Waals surface area contributed by atoms with Gasteiger partial charge < -0.3 is 9.84 Å². The molecular weight excluding hydrogens is 396 g/mol. The maximum absolute atomic E-state index is 12.9. The second-order valence-electron chi connectivity index (χ2n) is 8.08. The van der Waals surface area contributed by atoms with Crippen molar-refractivity contribution >= 4 is 5.97 Å². The van der Waals surface area contributed by atoms with Gasteiger partial charge in [-0.2, -0.15) is 10.2 Å². The molecule has 0 bridgehead atoms. The summed E-state index contributed by atoms with van der Waals surface area (Å²) in [4.78, 5) is 23.4. The number of carboxylic acids is 1. The fourth-order valence-corrected chi connectivity index (χ4v) is 4.19. The number of aromatic nitrogens is 4. The zero-order chi connectivity index (χ0) is 21.6. The summed E-state index contributed by atoms with van der Waals surface area (Å²) in [6.07, 6.45) is 7.34. The summed E-state index contributed by atoms with van der Waals surface area (Å²) in [5.74, 6) is -0.194. The maximum Gasteiger partial charge on any atom is 0.329 e. The first-order valence-corrected chi connectivity index (χ1v) is 10.6. The summed E-state index contributed by atoms with van der Waals surface area (Å²) < 4.78 is 6.83. The van der Waals surface area contributed by atoms with Gasteiger partial charge in [-0.3, -0.25) is 9.89 Å². The van der Waals surface area contributed by atoms with Gasteiger partial charge in [0.25, 0.3) is 5.56 Å².